The summed E-state index contributed by atoms with van der Waals surface area (Å²) < 4.78 is 43.8. The van der Waals surface area contributed by atoms with Crippen molar-refractivity contribution in [1.29, 1.82) is 0 Å². The Morgan fingerprint density at radius 1 is 0.931 bits per heavy atom. The number of unbranched alkanes of at least 4 members (excludes halogenated alkanes) is 1. The van der Waals surface area contributed by atoms with Crippen molar-refractivity contribution in [1.82, 2.24) is 0 Å². The van der Waals surface area contributed by atoms with Gasteiger partial charge in [0.2, 0.25) is 0 Å². The lowest BCUT2D eigenvalue weighted by Gasteiger charge is -2.23. The molecule has 0 amide bonds. The molecule has 158 valence electrons. The molecular formula is C23H29F2NO3. The zero-order valence-corrected chi connectivity index (χ0v) is 16.7. The summed E-state index contributed by atoms with van der Waals surface area (Å²) in [5, 5.41) is 0. The third-order valence-electron chi connectivity index (χ3n) is 5.04. The Hall–Kier alpha value is -2.34. The first-order valence-corrected chi connectivity index (χ1v) is 10.3. The SMILES string of the molecule is Nc1cc(OC2CCCCC2)ccc1OCCCCOCc1cc(F)ccc1F. The predicted molar refractivity (Wildman–Crippen MR) is 109 cm³/mol. The van der Waals surface area contributed by atoms with E-state index in [1.165, 1.54) is 19.3 Å². The standard InChI is InChI=1S/C23H29F2NO3/c24-18-8-10-21(25)17(14-18)16-27-12-4-5-13-28-23-11-9-20(15-22(23)26)29-19-6-2-1-3-7-19/h8-11,14-15,19H,1-7,12-13,16,26H2. The van der Waals surface area contributed by atoms with E-state index in [9.17, 15) is 8.78 Å². The summed E-state index contributed by atoms with van der Waals surface area (Å²) >= 11 is 0. The van der Waals surface area contributed by atoms with Gasteiger partial charge in [0.1, 0.15) is 23.1 Å². The highest BCUT2D eigenvalue weighted by Gasteiger charge is 2.15. The van der Waals surface area contributed by atoms with Gasteiger partial charge in [-0.25, -0.2) is 8.78 Å². The van der Waals surface area contributed by atoms with Gasteiger partial charge in [-0.15, -0.1) is 0 Å². The van der Waals surface area contributed by atoms with Crippen molar-refractivity contribution >= 4 is 5.69 Å². The molecule has 6 heteroatoms. The lowest BCUT2D eigenvalue weighted by atomic mass is 9.98. The van der Waals surface area contributed by atoms with Crippen LogP contribution in [0.4, 0.5) is 14.5 Å². The average Bonchev–Trinajstić information content (AvgIpc) is 2.72. The van der Waals surface area contributed by atoms with Gasteiger partial charge in [-0.1, -0.05) is 6.42 Å². The summed E-state index contributed by atoms with van der Waals surface area (Å²) in [7, 11) is 0. The van der Waals surface area contributed by atoms with Crippen molar-refractivity contribution in [2.45, 2.75) is 57.7 Å². The van der Waals surface area contributed by atoms with Gasteiger partial charge in [-0.05, 0) is 68.9 Å². The summed E-state index contributed by atoms with van der Waals surface area (Å²) in [6.45, 7) is 1.01. The number of nitrogens with two attached hydrogens (primary N) is 1. The number of benzene rings is 2. The molecule has 3 rings (SSSR count). The van der Waals surface area contributed by atoms with Crippen molar-refractivity contribution in [2.75, 3.05) is 18.9 Å². The van der Waals surface area contributed by atoms with E-state index in [1.54, 1.807) is 0 Å². The fraction of sp³-hybridized carbons (Fsp3) is 0.478. The Bertz CT molecular complexity index is 779. The van der Waals surface area contributed by atoms with E-state index < -0.39 is 11.6 Å². The van der Waals surface area contributed by atoms with Crippen LogP contribution in [0.1, 0.15) is 50.5 Å². The maximum atomic E-state index is 13.5. The lowest BCUT2D eigenvalue weighted by Crippen LogP contribution is -2.19. The normalized spacial score (nSPS) is 14.7. The Morgan fingerprint density at radius 3 is 2.52 bits per heavy atom. The van der Waals surface area contributed by atoms with Crippen LogP contribution in [0.2, 0.25) is 0 Å². The summed E-state index contributed by atoms with van der Waals surface area (Å²) in [5.74, 6) is 0.510. The zero-order valence-electron chi connectivity index (χ0n) is 16.7. The molecular weight excluding hydrogens is 376 g/mol. The molecule has 0 aromatic heterocycles. The van der Waals surface area contributed by atoms with Crippen LogP contribution in [0, 0.1) is 11.6 Å². The highest BCUT2D eigenvalue weighted by molar-refractivity contribution is 5.56. The first-order chi connectivity index (χ1) is 14.1. The molecule has 4 nitrogen and oxygen atoms in total. The first kappa shape index (κ1) is 21.4. The molecule has 2 N–H and O–H groups in total. The number of nitrogen functional groups attached to an aromatic ring is 1. The quantitative estimate of drug-likeness (QED) is 0.411. The zero-order chi connectivity index (χ0) is 20.5. The number of rotatable bonds is 10. The third-order valence-corrected chi connectivity index (χ3v) is 5.04. The van der Waals surface area contributed by atoms with Gasteiger partial charge in [0.15, 0.2) is 0 Å². The van der Waals surface area contributed by atoms with Crippen LogP contribution in [-0.4, -0.2) is 19.3 Å². The number of anilines is 1. The molecule has 1 aliphatic carbocycles. The predicted octanol–water partition coefficient (Wildman–Crippen LogP) is 5.63. The maximum Gasteiger partial charge on any atom is 0.142 e. The molecule has 0 spiro atoms. The molecule has 0 aliphatic heterocycles. The van der Waals surface area contributed by atoms with E-state index in [0.29, 0.717) is 24.7 Å². The molecule has 29 heavy (non-hydrogen) atoms. The molecule has 0 heterocycles. The molecule has 1 aliphatic rings. The van der Waals surface area contributed by atoms with Gasteiger partial charge in [-0.3, -0.25) is 0 Å². The van der Waals surface area contributed by atoms with Crippen molar-refractivity contribution < 1.29 is 23.0 Å². The van der Waals surface area contributed by atoms with Gasteiger partial charge >= 0.3 is 0 Å². The number of hydrogen-bond donors (Lipinski definition) is 1. The third kappa shape index (κ3) is 6.89. The monoisotopic (exact) mass is 405 g/mol. The molecule has 0 radical (unpaired) electrons. The minimum Gasteiger partial charge on any atom is -0.491 e. The van der Waals surface area contributed by atoms with Gasteiger partial charge in [0.25, 0.3) is 0 Å². The Balaban J connectivity index is 1.32. The number of halogens is 2. The van der Waals surface area contributed by atoms with E-state index in [-0.39, 0.29) is 18.3 Å². The first-order valence-electron chi connectivity index (χ1n) is 10.3. The van der Waals surface area contributed by atoms with Crippen LogP contribution in [0.15, 0.2) is 36.4 Å². The number of hydrogen-bond acceptors (Lipinski definition) is 4. The summed E-state index contributed by atoms with van der Waals surface area (Å²) in [6.07, 6.45) is 7.76. The molecule has 0 bridgehead atoms. The highest BCUT2D eigenvalue weighted by Crippen LogP contribution is 2.29. The van der Waals surface area contributed by atoms with Crippen LogP contribution in [0.5, 0.6) is 11.5 Å². The van der Waals surface area contributed by atoms with Gasteiger partial charge in [-0.2, -0.15) is 0 Å². The van der Waals surface area contributed by atoms with Crippen LogP contribution in [0.3, 0.4) is 0 Å². The van der Waals surface area contributed by atoms with Crippen molar-refractivity contribution in [3.8, 4) is 11.5 Å². The van der Waals surface area contributed by atoms with Crippen LogP contribution in [-0.2, 0) is 11.3 Å². The molecule has 1 fully saturated rings. The lowest BCUT2D eigenvalue weighted by molar-refractivity contribution is 0.111. The summed E-state index contributed by atoms with van der Waals surface area (Å²) in [4.78, 5) is 0. The van der Waals surface area contributed by atoms with Gasteiger partial charge in [0, 0.05) is 18.2 Å². The second-order valence-corrected chi connectivity index (χ2v) is 7.42. The topological polar surface area (TPSA) is 53.7 Å². The second kappa shape index (κ2) is 11.0. The van der Waals surface area contributed by atoms with Gasteiger partial charge < -0.3 is 19.9 Å². The molecule has 2 aromatic carbocycles. The minimum atomic E-state index is -0.467. The van der Waals surface area contributed by atoms with Crippen molar-refractivity contribution in [3.05, 3.63) is 53.6 Å². The van der Waals surface area contributed by atoms with Crippen LogP contribution in [0.25, 0.3) is 0 Å². The molecule has 0 saturated heterocycles. The van der Waals surface area contributed by atoms with E-state index in [1.807, 2.05) is 18.2 Å². The molecule has 1 saturated carbocycles. The Labute approximate surface area is 171 Å². The molecule has 0 unspecified atom stereocenters. The van der Waals surface area contributed by atoms with Crippen molar-refractivity contribution in [2.24, 2.45) is 0 Å². The van der Waals surface area contributed by atoms with E-state index in [2.05, 4.69) is 0 Å². The largest absolute Gasteiger partial charge is 0.491 e. The van der Waals surface area contributed by atoms with E-state index in [4.69, 9.17) is 19.9 Å². The molecule has 0 atom stereocenters. The fourth-order valence-electron chi connectivity index (χ4n) is 3.43. The van der Waals surface area contributed by atoms with E-state index >= 15 is 0 Å². The van der Waals surface area contributed by atoms with E-state index in [0.717, 1.165) is 49.6 Å². The minimum absolute atomic E-state index is 0.0554. The van der Waals surface area contributed by atoms with Crippen LogP contribution >= 0.6 is 0 Å². The number of ether oxygens (including phenoxy) is 3. The Kier molecular flexibility index (Phi) is 8.11. The molecule has 2 aromatic rings. The van der Waals surface area contributed by atoms with Crippen molar-refractivity contribution in [3.63, 3.8) is 0 Å². The van der Waals surface area contributed by atoms with Gasteiger partial charge in [0.05, 0.1) is 25.0 Å². The summed E-state index contributed by atoms with van der Waals surface area (Å²) in [6, 6.07) is 8.92. The smallest absolute Gasteiger partial charge is 0.142 e. The maximum absolute atomic E-state index is 13.5. The Morgan fingerprint density at radius 2 is 1.72 bits per heavy atom. The summed E-state index contributed by atoms with van der Waals surface area (Å²) in [5.41, 5.74) is 6.88. The highest BCUT2D eigenvalue weighted by atomic mass is 19.1. The van der Waals surface area contributed by atoms with Crippen LogP contribution < -0.4 is 15.2 Å². The fourth-order valence-corrected chi connectivity index (χ4v) is 3.43. The second-order valence-electron chi connectivity index (χ2n) is 7.42. The average molecular weight is 405 g/mol.